The number of rotatable bonds is 6. The Morgan fingerprint density at radius 1 is 0.377 bits per heavy atom. The van der Waals surface area contributed by atoms with E-state index in [0.717, 1.165) is 93.4 Å². The number of nitrogens with zero attached hydrogens (tertiary/aromatic N) is 2. The minimum Gasteiger partial charge on any atom is -0.309 e. The summed E-state index contributed by atoms with van der Waals surface area (Å²) in [6.07, 6.45) is 0. The highest BCUT2D eigenvalue weighted by molar-refractivity contribution is 7.86. The predicted molar refractivity (Wildman–Crippen MR) is 256 cm³/mol. The predicted octanol–water partition coefficient (Wildman–Crippen LogP) is 13.6. The second-order valence-electron chi connectivity index (χ2n) is 15.9. The van der Waals surface area contributed by atoms with Gasteiger partial charge in [0.25, 0.3) is 0 Å². The second kappa shape index (κ2) is 14.0. The smallest absolute Gasteiger partial charge is 0.172 e. The summed E-state index contributed by atoms with van der Waals surface area (Å²) in [6.45, 7) is 0. The van der Waals surface area contributed by atoms with Crippen LogP contribution in [-0.4, -0.2) is 9.55 Å². The van der Waals surface area contributed by atoms with Crippen LogP contribution in [0, 0.1) is 0 Å². The molecule has 2 aromatic heterocycles. The first-order valence-electron chi connectivity index (χ1n) is 20.7. The molecule has 0 spiro atoms. The Hall–Kier alpha value is -7.58. The van der Waals surface area contributed by atoms with E-state index in [1.807, 2.05) is 42.5 Å². The molecule has 0 aliphatic carbocycles. The van der Waals surface area contributed by atoms with Gasteiger partial charge < -0.3 is 4.57 Å². The van der Waals surface area contributed by atoms with E-state index in [1.165, 1.54) is 16.7 Å². The van der Waals surface area contributed by atoms with Crippen LogP contribution in [0.4, 0.5) is 0 Å². The topological polar surface area (TPSA) is 34.9 Å². The normalized spacial score (nSPS) is 14.4. The first kappa shape index (κ1) is 35.4. The van der Waals surface area contributed by atoms with Crippen molar-refractivity contribution in [2.75, 3.05) is 0 Å². The van der Waals surface area contributed by atoms with Gasteiger partial charge in [0, 0.05) is 37.6 Å². The van der Waals surface area contributed by atoms with Crippen molar-refractivity contribution in [3.8, 4) is 61.6 Å². The van der Waals surface area contributed by atoms with Crippen molar-refractivity contribution in [1.82, 2.24) is 9.55 Å². The van der Waals surface area contributed by atoms with Gasteiger partial charge in [-0.05, 0) is 74.2 Å². The maximum atomic E-state index is 15.7. The highest BCUT2D eigenvalue weighted by Crippen LogP contribution is 2.54. The summed E-state index contributed by atoms with van der Waals surface area (Å²) >= 11 is 0. The Morgan fingerprint density at radius 2 is 0.934 bits per heavy atom. The number of hydrogen-bond donors (Lipinski definition) is 0. The molecular weight excluding hydrogens is 760 g/mol. The lowest BCUT2D eigenvalue weighted by Crippen LogP contribution is -2.20. The molecule has 0 radical (unpaired) electrons. The van der Waals surface area contributed by atoms with Gasteiger partial charge in [0.05, 0.1) is 16.7 Å². The molecule has 61 heavy (non-hydrogen) atoms. The molecule has 0 saturated heterocycles. The van der Waals surface area contributed by atoms with Crippen molar-refractivity contribution >= 4 is 55.6 Å². The van der Waals surface area contributed by atoms with Crippen LogP contribution in [0.2, 0.25) is 0 Å². The van der Waals surface area contributed by atoms with Crippen molar-refractivity contribution in [1.29, 1.82) is 0 Å². The van der Waals surface area contributed by atoms with E-state index in [1.54, 1.807) is 0 Å². The van der Waals surface area contributed by atoms with Crippen LogP contribution in [0.15, 0.2) is 224 Å². The SMILES string of the molecule is O=P1(c2ccccc2)c2ccccc2-c2cc3c(cc21)c1ccc2ccccc2c1n3-c1cc(-c2ccc(-c3ccccc3)cc2)cc(-c2ccc(-c3ccccc3)cc2)n1. The van der Waals surface area contributed by atoms with E-state index in [4.69, 9.17) is 4.98 Å². The van der Waals surface area contributed by atoms with Crippen LogP contribution in [-0.2, 0) is 4.57 Å². The molecule has 9 aromatic carbocycles. The molecule has 0 fully saturated rings. The summed E-state index contributed by atoms with van der Waals surface area (Å²) in [5, 5.41) is 7.07. The van der Waals surface area contributed by atoms with E-state index in [2.05, 4.69) is 187 Å². The molecule has 0 bridgehead atoms. The van der Waals surface area contributed by atoms with E-state index in [9.17, 15) is 0 Å². The Morgan fingerprint density at radius 3 is 1.62 bits per heavy atom. The first-order chi connectivity index (χ1) is 30.1. The quantitative estimate of drug-likeness (QED) is 0.157. The highest BCUT2D eigenvalue weighted by Gasteiger charge is 2.41. The van der Waals surface area contributed by atoms with Gasteiger partial charge in [-0.1, -0.05) is 200 Å². The summed E-state index contributed by atoms with van der Waals surface area (Å²) < 4.78 is 18.1. The van der Waals surface area contributed by atoms with Gasteiger partial charge in [-0.15, -0.1) is 0 Å². The van der Waals surface area contributed by atoms with Crippen LogP contribution in [0.3, 0.4) is 0 Å². The van der Waals surface area contributed by atoms with Crippen molar-refractivity contribution < 1.29 is 4.57 Å². The number of benzene rings is 9. The summed E-state index contributed by atoms with van der Waals surface area (Å²) in [7, 11) is -3.17. The minimum absolute atomic E-state index is 0.820. The molecule has 0 saturated carbocycles. The zero-order valence-electron chi connectivity index (χ0n) is 33.1. The summed E-state index contributed by atoms with van der Waals surface area (Å²) in [6, 6.07) is 78.8. The molecule has 12 rings (SSSR count). The molecular formula is C57H37N2OP. The highest BCUT2D eigenvalue weighted by atomic mass is 31.2. The van der Waals surface area contributed by atoms with E-state index >= 15 is 4.57 Å². The number of fused-ring (bicyclic) bond motifs is 8. The lowest BCUT2D eigenvalue weighted by Gasteiger charge is -2.16. The molecule has 1 atom stereocenters. The van der Waals surface area contributed by atoms with Gasteiger partial charge >= 0.3 is 0 Å². The zero-order valence-corrected chi connectivity index (χ0v) is 34.0. The van der Waals surface area contributed by atoms with E-state index in [0.29, 0.717) is 0 Å². The fourth-order valence-electron chi connectivity index (χ4n) is 9.44. The lowest BCUT2D eigenvalue weighted by atomic mass is 9.98. The van der Waals surface area contributed by atoms with E-state index in [-0.39, 0.29) is 0 Å². The van der Waals surface area contributed by atoms with Crippen LogP contribution in [0.25, 0.3) is 94.2 Å². The number of pyridine rings is 1. The molecule has 11 aromatic rings. The van der Waals surface area contributed by atoms with Crippen LogP contribution < -0.4 is 15.9 Å². The fraction of sp³-hybridized carbons (Fsp3) is 0. The second-order valence-corrected chi connectivity index (χ2v) is 18.6. The molecule has 1 unspecified atom stereocenters. The molecule has 1 aliphatic heterocycles. The molecule has 4 heteroatoms. The van der Waals surface area contributed by atoms with Crippen molar-refractivity contribution in [3.63, 3.8) is 0 Å². The third-order valence-electron chi connectivity index (χ3n) is 12.4. The minimum atomic E-state index is -3.17. The Labute approximate surface area is 354 Å². The standard InChI is InChI=1S/C57H37N2OP/c60-61(46-19-8-3-9-20-46)54-23-13-12-22-48(54)51-36-53-50(37-55(51)61)49-33-32-43-18-10-11-21-47(43)57(49)59(53)56-35-45(42-26-24-40(25-27-42)38-14-4-1-5-15-38)34-52(58-56)44-30-28-41(29-31-44)39-16-6-2-7-17-39/h1-37H. The molecule has 0 amide bonds. The zero-order chi connectivity index (χ0) is 40.5. The van der Waals surface area contributed by atoms with Crippen LogP contribution in [0.5, 0.6) is 0 Å². The van der Waals surface area contributed by atoms with Gasteiger partial charge in [0.2, 0.25) is 0 Å². The molecule has 1 aliphatic rings. The third kappa shape index (κ3) is 5.66. The molecule has 286 valence electrons. The van der Waals surface area contributed by atoms with Gasteiger partial charge in [0.15, 0.2) is 7.14 Å². The average molecular weight is 797 g/mol. The van der Waals surface area contributed by atoms with Gasteiger partial charge in [-0.3, -0.25) is 4.57 Å². The fourth-order valence-corrected chi connectivity index (χ4v) is 12.5. The van der Waals surface area contributed by atoms with Crippen LogP contribution in [0.1, 0.15) is 0 Å². The Bertz CT molecular complexity index is 3420. The maximum Gasteiger partial charge on any atom is 0.172 e. The summed E-state index contributed by atoms with van der Waals surface area (Å²) in [5.74, 6) is 0.820. The van der Waals surface area contributed by atoms with Crippen molar-refractivity contribution in [2.45, 2.75) is 0 Å². The lowest BCUT2D eigenvalue weighted by molar-refractivity contribution is 0.593. The summed E-state index contributed by atoms with van der Waals surface area (Å²) in [5.41, 5.74) is 12.9. The Balaban J connectivity index is 1.14. The monoisotopic (exact) mass is 796 g/mol. The van der Waals surface area contributed by atoms with Gasteiger partial charge in [-0.25, -0.2) is 4.98 Å². The van der Waals surface area contributed by atoms with Crippen molar-refractivity contribution in [3.05, 3.63) is 224 Å². The average Bonchev–Trinajstić information content (AvgIpc) is 3.81. The molecule has 0 N–H and O–H groups in total. The molecule has 3 heterocycles. The first-order valence-corrected chi connectivity index (χ1v) is 22.4. The molecule has 3 nitrogen and oxygen atoms in total. The number of hydrogen-bond acceptors (Lipinski definition) is 2. The Kier molecular flexibility index (Phi) is 8.13. The van der Waals surface area contributed by atoms with Gasteiger partial charge in [-0.2, -0.15) is 0 Å². The van der Waals surface area contributed by atoms with Crippen LogP contribution >= 0.6 is 7.14 Å². The number of aromatic nitrogens is 2. The van der Waals surface area contributed by atoms with Crippen molar-refractivity contribution in [2.24, 2.45) is 0 Å². The van der Waals surface area contributed by atoms with Gasteiger partial charge in [0.1, 0.15) is 5.82 Å². The van der Waals surface area contributed by atoms with E-state index < -0.39 is 7.14 Å². The maximum absolute atomic E-state index is 15.7. The summed E-state index contributed by atoms with van der Waals surface area (Å²) in [4.78, 5) is 5.57. The third-order valence-corrected chi connectivity index (χ3v) is 15.6. The largest absolute Gasteiger partial charge is 0.309 e.